The molecule has 1 aliphatic carbocycles. The number of pyridine rings is 1. The molecule has 0 amide bonds. The fraction of sp³-hybridized carbons (Fsp3) is 0.621. The minimum Gasteiger partial charge on any atom is -0.358 e. The minimum atomic E-state index is -0.737. The van der Waals surface area contributed by atoms with Gasteiger partial charge >= 0.3 is 0 Å². The number of hydrogen-bond acceptors (Lipinski definition) is 7. The number of nitrogens with zero attached hydrogens (tertiary/aromatic N) is 7. The van der Waals surface area contributed by atoms with Gasteiger partial charge in [0.25, 0.3) is 0 Å². The lowest BCUT2D eigenvalue weighted by atomic mass is 9.88. The monoisotopic (exact) mass is 487 g/mol. The molecule has 1 aromatic rings. The van der Waals surface area contributed by atoms with Crippen LogP contribution >= 0.6 is 0 Å². The van der Waals surface area contributed by atoms with Gasteiger partial charge in [-0.15, -0.1) is 0 Å². The van der Waals surface area contributed by atoms with Crippen molar-refractivity contribution in [1.29, 1.82) is 5.26 Å². The van der Waals surface area contributed by atoms with E-state index in [1.54, 1.807) is 0 Å². The van der Waals surface area contributed by atoms with Crippen molar-refractivity contribution in [1.82, 2.24) is 24.6 Å². The number of amidine groups is 1. The van der Waals surface area contributed by atoms with Crippen molar-refractivity contribution < 1.29 is 0 Å². The fourth-order valence-corrected chi connectivity index (χ4v) is 6.50. The maximum atomic E-state index is 10.6. The molecule has 3 aliphatic heterocycles. The van der Waals surface area contributed by atoms with Gasteiger partial charge in [-0.25, -0.2) is 0 Å². The Kier molecular flexibility index (Phi) is 6.93. The first-order valence-corrected chi connectivity index (χ1v) is 13.6. The molecule has 192 valence electrons. The zero-order valence-electron chi connectivity index (χ0n) is 22.6. The first-order valence-electron chi connectivity index (χ1n) is 13.6. The third kappa shape index (κ3) is 4.35. The normalized spacial score (nSPS) is 28.3. The molecule has 4 aliphatic rings. The molecule has 2 unspecified atom stereocenters. The molecule has 3 atom stereocenters. The molecular formula is C29H41N7. The summed E-state index contributed by atoms with van der Waals surface area (Å²) in [4.78, 5) is 19.6. The highest BCUT2D eigenvalue weighted by molar-refractivity contribution is 5.98. The largest absolute Gasteiger partial charge is 0.358 e. The van der Waals surface area contributed by atoms with Crippen molar-refractivity contribution >= 4 is 5.84 Å². The standard InChI is InChI=1S/C29H41N7/c1-21(2)35(24-11-6-9-22-10-8-16-31-28(22)24)19-25-29(3,20-30)36-26(32-25)12-7-13-27(36)34-17-14-23(15-18-34)33(4)5/h7-8,10,12-13,16,21,23-25H,6,9,11,14-15,17-19H2,1-5H3/t24-,25?,29?/m0/s1. The average Bonchev–Trinajstić information content (AvgIpc) is 3.18. The number of aromatic nitrogens is 1. The Morgan fingerprint density at radius 1 is 1.22 bits per heavy atom. The number of likely N-dealkylation sites (tertiary alicyclic amines) is 1. The number of allylic oxidation sites excluding steroid dienone is 2. The topological polar surface area (TPSA) is 62.0 Å². The summed E-state index contributed by atoms with van der Waals surface area (Å²) in [5.41, 5.74) is 1.84. The lowest BCUT2D eigenvalue weighted by Gasteiger charge is -2.45. The van der Waals surface area contributed by atoms with Gasteiger partial charge in [0.1, 0.15) is 17.7 Å². The van der Waals surface area contributed by atoms with E-state index in [4.69, 9.17) is 9.98 Å². The molecule has 1 fully saturated rings. The average molecular weight is 488 g/mol. The second-order valence-electron chi connectivity index (χ2n) is 11.4. The van der Waals surface area contributed by atoms with Crippen LogP contribution in [0.3, 0.4) is 0 Å². The first kappa shape index (κ1) is 25.0. The summed E-state index contributed by atoms with van der Waals surface area (Å²) in [6.07, 6.45) is 13.9. The number of hydrogen-bond donors (Lipinski definition) is 0. The number of piperidine rings is 1. The van der Waals surface area contributed by atoms with Gasteiger partial charge in [-0.1, -0.05) is 12.1 Å². The molecule has 36 heavy (non-hydrogen) atoms. The van der Waals surface area contributed by atoms with E-state index in [1.165, 1.54) is 17.7 Å². The van der Waals surface area contributed by atoms with Crippen LogP contribution in [0.15, 0.2) is 47.4 Å². The van der Waals surface area contributed by atoms with Crippen LogP contribution in [-0.4, -0.2) is 87.8 Å². The highest BCUT2D eigenvalue weighted by atomic mass is 15.4. The van der Waals surface area contributed by atoms with Crippen molar-refractivity contribution in [2.24, 2.45) is 4.99 Å². The van der Waals surface area contributed by atoms with Crippen LogP contribution in [0.1, 0.15) is 63.8 Å². The van der Waals surface area contributed by atoms with E-state index in [-0.39, 0.29) is 12.1 Å². The van der Waals surface area contributed by atoms with Gasteiger partial charge in [0.05, 0.1) is 17.8 Å². The molecule has 1 saturated heterocycles. The van der Waals surface area contributed by atoms with Gasteiger partial charge in [0.15, 0.2) is 5.54 Å². The Bertz CT molecular complexity index is 1090. The number of aryl methyl sites for hydroxylation is 1. The predicted molar refractivity (Wildman–Crippen MR) is 144 cm³/mol. The molecule has 7 nitrogen and oxygen atoms in total. The van der Waals surface area contributed by atoms with Crippen molar-refractivity contribution in [3.8, 4) is 6.07 Å². The maximum Gasteiger partial charge on any atom is 0.155 e. The lowest BCUT2D eigenvalue weighted by Crippen LogP contribution is -2.57. The van der Waals surface area contributed by atoms with Gasteiger partial charge in [-0.3, -0.25) is 19.8 Å². The smallest absolute Gasteiger partial charge is 0.155 e. The molecule has 4 heterocycles. The van der Waals surface area contributed by atoms with Gasteiger partial charge in [-0.2, -0.15) is 5.26 Å². The van der Waals surface area contributed by atoms with E-state index in [1.807, 2.05) is 6.20 Å². The highest BCUT2D eigenvalue weighted by Crippen LogP contribution is 2.40. The summed E-state index contributed by atoms with van der Waals surface area (Å²) in [5, 5.41) is 10.6. The SMILES string of the molecule is CC(C)N(CC1N=C2C=CC=C(N3CCC(N(C)C)CC3)N2C1(C)C#N)[C@H]1CCCc2cccnc21. The van der Waals surface area contributed by atoms with E-state index in [9.17, 15) is 5.26 Å². The third-order valence-corrected chi connectivity index (χ3v) is 8.71. The lowest BCUT2D eigenvalue weighted by molar-refractivity contribution is 0.0975. The summed E-state index contributed by atoms with van der Waals surface area (Å²) < 4.78 is 0. The summed E-state index contributed by atoms with van der Waals surface area (Å²) in [7, 11) is 4.35. The molecule has 7 heteroatoms. The fourth-order valence-electron chi connectivity index (χ4n) is 6.50. The van der Waals surface area contributed by atoms with E-state index in [0.29, 0.717) is 12.1 Å². The van der Waals surface area contributed by atoms with Crippen LogP contribution in [-0.2, 0) is 6.42 Å². The molecule has 5 rings (SSSR count). The van der Waals surface area contributed by atoms with Crippen molar-refractivity contribution in [3.05, 3.63) is 53.6 Å². The Hall–Kier alpha value is -2.69. The van der Waals surface area contributed by atoms with E-state index < -0.39 is 5.54 Å². The predicted octanol–water partition coefficient (Wildman–Crippen LogP) is 3.97. The molecular weight excluding hydrogens is 446 g/mol. The molecule has 0 bridgehead atoms. The Morgan fingerprint density at radius 3 is 2.69 bits per heavy atom. The summed E-state index contributed by atoms with van der Waals surface area (Å²) in [5.74, 6) is 2.04. The van der Waals surface area contributed by atoms with Crippen LogP contribution in [0, 0.1) is 11.3 Å². The van der Waals surface area contributed by atoms with E-state index >= 15 is 0 Å². The second kappa shape index (κ2) is 9.99. The van der Waals surface area contributed by atoms with Crippen LogP contribution in [0.5, 0.6) is 0 Å². The van der Waals surface area contributed by atoms with Crippen LogP contribution in [0.25, 0.3) is 0 Å². The van der Waals surface area contributed by atoms with Crippen LogP contribution in [0.2, 0.25) is 0 Å². The zero-order chi connectivity index (χ0) is 25.4. The molecule has 0 saturated carbocycles. The Morgan fingerprint density at radius 2 is 2.00 bits per heavy atom. The molecule has 0 radical (unpaired) electrons. The second-order valence-corrected chi connectivity index (χ2v) is 11.4. The van der Waals surface area contributed by atoms with Crippen molar-refractivity contribution in [2.45, 2.75) is 82.6 Å². The van der Waals surface area contributed by atoms with E-state index in [0.717, 1.165) is 57.0 Å². The van der Waals surface area contributed by atoms with Crippen LogP contribution < -0.4 is 0 Å². The number of fused-ring (bicyclic) bond motifs is 2. The Labute approximate surface area is 216 Å². The number of nitriles is 1. The quantitative estimate of drug-likeness (QED) is 0.605. The van der Waals surface area contributed by atoms with Gasteiger partial charge in [0.2, 0.25) is 0 Å². The minimum absolute atomic E-state index is 0.139. The number of rotatable bonds is 6. The van der Waals surface area contributed by atoms with Gasteiger partial charge < -0.3 is 9.80 Å². The van der Waals surface area contributed by atoms with Crippen molar-refractivity contribution in [2.75, 3.05) is 33.7 Å². The third-order valence-electron chi connectivity index (χ3n) is 8.71. The highest BCUT2D eigenvalue weighted by Gasteiger charge is 2.51. The summed E-state index contributed by atoms with van der Waals surface area (Å²) in [6, 6.07) is 8.07. The summed E-state index contributed by atoms with van der Waals surface area (Å²) in [6.45, 7) is 9.35. The molecule has 0 N–H and O–H groups in total. The van der Waals surface area contributed by atoms with E-state index in [2.05, 4.69) is 90.9 Å². The van der Waals surface area contributed by atoms with Crippen LogP contribution in [0.4, 0.5) is 0 Å². The first-order chi connectivity index (χ1) is 17.3. The Balaban J connectivity index is 1.40. The molecule has 0 spiro atoms. The van der Waals surface area contributed by atoms with Gasteiger partial charge in [0, 0.05) is 37.9 Å². The van der Waals surface area contributed by atoms with Crippen molar-refractivity contribution in [3.63, 3.8) is 0 Å². The number of aliphatic imine (C=N–C) groups is 1. The summed E-state index contributed by atoms with van der Waals surface area (Å²) >= 11 is 0. The maximum absolute atomic E-state index is 10.6. The zero-order valence-corrected chi connectivity index (χ0v) is 22.6. The van der Waals surface area contributed by atoms with Gasteiger partial charge in [-0.05, 0) is 90.8 Å². The molecule has 0 aromatic carbocycles. The molecule has 1 aromatic heterocycles.